The van der Waals surface area contributed by atoms with Crippen LogP contribution < -0.4 is 21.7 Å². The standard InChI is InChI=1S/C32H37F2N5O4/c1-22(2)28(39-27(41)20-38-30(43)37-19-24-15-17-36-18-16-24)29(42)31(35,25-11-7-4-8-12-25)21-32(33,34)26(40)14-13-23-9-5-3-6-10-23/h3-12,15-18,22,28H,13-14,19-21,35H2,1-2H3,(H,39,41)(H2,37,38,43)/t28-,31-/m0/s1. The largest absolute Gasteiger partial charge is 0.344 e. The normalized spacial score (nSPS) is 13.4. The Bertz CT molecular complexity index is 1370. The van der Waals surface area contributed by atoms with Crippen molar-refractivity contribution in [2.45, 2.75) is 57.2 Å². The number of urea groups is 1. The maximum atomic E-state index is 15.5. The molecule has 0 aliphatic heterocycles. The third-order valence-corrected chi connectivity index (χ3v) is 7.00. The molecule has 2 atom stereocenters. The van der Waals surface area contributed by atoms with E-state index in [0.717, 1.165) is 11.1 Å². The first kappa shape index (κ1) is 33.0. The van der Waals surface area contributed by atoms with Gasteiger partial charge < -0.3 is 21.7 Å². The van der Waals surface area contributed by atoms with Crippen molar-refractivity contribution in [3.05, 3.63) is 102 Å². The van der Waals surface area contributed by atoms with Gasteiger partial charge in [0.1, 0.15) is 5.54 Å². The number of carbonyl (C=O) groups excluding carboxylic acids is 4. The van der Waals surface area contributed by atoms with Gasteiger partial charge in [0.25, 0.3) is 0 Å². The highest BCUT2D eigenvalue weighted by Gasteiger charge is 2.51. The fraction of sp³-hybridized carbons (Fsp3) is 0.344. The topological polar surface area (TPSA) is 143 Å². The monoisotopic (exact) mass is 593 g/mol. The Morgan fingerprint density at radius 3 is 2.07 bits per heavy atom. The van der Waals surface area contributed by atoms with Crippen molar-refractivity contribution in [3.63, 3.8) is 0 Å². The summed E-state index contributed by atoms with van der Waals surface area (Å²) in [6, 6.07) is 17.9. The second-order valence-electron chi connectivity index (χ2n) is 10.7. The molecule has 228 valence electrons. The van der Waals surface area contributed by atoms with E-state index in [0.29, 0.717) is 0 Å². The quantitative estimate of drug-likeness (QED) is 0.212. The van der Waals surface area contributed by atoms with E-state index < -0.39 is 66.3 Å². The highest BCUT2D eigenvalue weighted by atomic mass is 19.3. The van der Waals surface area contributed by atoms with Gasteiger partial charge in [-0.05, 0) is 41.2 Å². The molecule has 0 unspecified atom stereocenters. The van der Waals surface area contributed by atoms with Gasteiger partial charge in [-0.1, -0.05) is 74.5 Å². The van der Waals surface area contributed by atoms with Crippen LogP contribution >= 0.6 is 0 Å². The van der Waals surface area contributed by atoms with Crippen LogP contribution in [-0.4, -0.2) is 47.0 Å². The van der Waals surface area contributed by atoms with E-state index >= 15 is 8.78 Å². The van der Waals surface area contributed by atoms with Crippen molar-refractivity contribution in [2.24, 2.45) is 11.7 Å². The van der Waals surface area contributed by atoms with Crippen LogP contribution in [-0.2, 0) is 32.9 Å². The van der Waals surface area contributed by atoms with Crippen LogP contribution in [0.15, 0.2) is 85.2 Å². The molecule has 3 aromatic rings. The van der Waals surface area contributed by atoms with E-state index in [1.165, 1.54) is 12.1 Å². The minimum atomic E-state index is -3.92. The Morgan fingerprint density at radius 2 is 1.47 bits per heavy atom. The number of Topliss-reactive ketones (excluding diaryl/α,β-unsaturated/α-hetero) is 2. The Hall–Kier alpha value is -4.51. The van der Waals surface area contributed by atoms with Crippen molar-refractivity contribution in [1.29, 1.82) is 0 Å². The van der Waals surface area contributed by atoms with Crippen LogP contribution in [0.25, 0.3) is 0 Å². The molecular weight excluding hydrogens is 556 g/mol. The molecule has 9 nitrogen and oxygen atoms in total. The first-order valence-electron chi connectivity index (χ1n) is 14.0. The van der Waals surface area contributed by atoms with Crippen LogP contribution in [0.1, 0.15) is 43.4 Å². The molecule has 0 bridgehead atoms. The van der Waals surface area contributed by atoms with Crippen LogP contribution in [0.4, 0.5) is 13.6 Å². The summed E-state index contributed by atoms with van der Waals surface area (Å²) in [6.45, 7) is 2.99. The Balaban J connectivity index is 1.71. The lowest BCUT2D eigenvalue weighted by Crippen LogP contribution is -2.60. The average Bonchev–Trinajstić information content (AvgIpc) is 3.01. The van der Waals surface area contributed by atoms with Gasteiger partial charge in [-0.15, -0.1) is 0 Å². The average molecular weight is 594 g/mol. The van der Waals surface area contributed by atoms with Gasteiger partial charge in [0.05, 0.1) is 12.6 Å². The van der Waals surface area contributed by atoms with E-state index in [1.807, 2.05) is 0 Å². The molecule has 0 saturated heterocycles. The summed E-state index contributed by atoms with van der Waals surface area (Å²) in [5.74, 6) is -7.39. The summed E-state index contributed by atoms with van der Waals surface area (Å²) >= 11 is 0. The number of benzene rings is 2. The summed E-state index contributed by atoms with van der Waals surface area (Å²) in [5.41, 5.74) is 5.82. The molecule has 0 saturated carbocycles. The molecule has 0 fully saturated rings. The molecule has 1 heterocycles. The summed E-state index contributed by atoms with van der Waals surface area (Å²) < 4.78 is 30.9. The fourth-order valence-corrected chi connectivity index (χ4v) is 4.54. The minimum absolute atomic E-state index is 0.0871. The van der Waals surface area contributed by atoms with Gasteiger partial charge in [0, 0.05) is 31.8 Å². The lowest BCUT2D eigenvalue weighted by Gasteiger charge is -2.36. The first-order chi connectivity index (χ1) is 20.4. The van der Waals surface area contributed by atoms with E-state index in [1.54, 1.807) is 86.9 Å². The Labute approximate surface area is 249 Å². The number of amides is 3. The van der Waals surface area contributed by atoms with Crippen molar-refractivity contribution in [3.8, 4) is 0 Å². The molecule has 5 N–H and O–H groups in total. The minimum Gasteiger partial charge on any atom is -0.344 e. The maximum Gasteiger partial charge on any atom is 0.315 e. The molecule has 11 heteroatoms. The second kappa shape index (κ2) is 15.1. The molecule has 43 heavy (non-hydrogen) atoms. The van der Waals surface area contributed by atoms with Crippen LogP contribution in [0.5, 0.6) is 0 Å². The molecule has 1 aromatic heterocycles. The summed E-state index contributed by atoms with van der Waals surface area (Å²) in [7, 11) is 0. The number of rotatable bonds is 15. The number of carbonyl (C=O) groups is 4. The number of hydrogen-bond donors (Lipinski definition) is 4. The number of pyridine rings is 1. The van der Waals surface area contributed by atoms with Crippen molar-refractivity contribution < 1.29 is 28.0 Å². The van der Waals surface area contributed by atoms with Gasteiger partial charge in [-0.25, -0.2) is 4.79 Å². The zero-order chi connectivity index (χ0) is 31.5. The number of ketones is 2. The number of aryl methyl sites for hydroxylation is 1. The van der Waals surface area contributed by atoms with Gasteiger partial charge in [-0.3, -0.25) is 19.4 Å². The summed E-state index contributed by atoms with van der Waals surface area (Å²) in [6.07, 6.45) is 1.56. The van der Waals surface area contributed by atoms with E-state index in [2.05, 4.69) is 20.9 Å². The first-order valence-corrected chi connectivity index (χ1v) is 14.0. The van der Waals surface area contributed by atoms with E-state index in [4.69, 9.17) is 5.73 Å². The number of halogens is 2. The molecule has 0 aliphatic rings. The van der Waals surface area contributed by atoms with Gasteiger partial charge in [-0.2, -0.15) is 8.78 Å². The molecule has 3 amide bonds. The summed E-state index contributed by atoms with van der Waals surface area (Å²) in [4.78, 5) is 55.5. The number of nitrogens with zero attached hydrogens (tertiary/aromatic N) is 1. The highest BCUT2D eigenvalue weighted by molar-refractivity contribution is 5.98. The SMILES string of the molecule is CC(C)[C@H](NC(=O)CNC(=O)NCc1ccncc1)C(=O)[C@](N)(CC(F)(F)C(=O)CCc1ccccc1)c1ccccc1. The number of nitrogens with one attached hydrogen (secondary N) is 3. The Kier molecular flexibility index (Phi) is 11.6. The number of aromatic nitrogens is 1. The number of nitrogens with two attached hydrogens (primary N) is 1. The van der Waals surface area contributed by atoms with Gasteiger partial charge >= 0.3 is 12.0 Å². The zero-order valence-electron chi connectivity index (χ0n) is 24.2. The molecule has 3 rings (SSSR count). The van der Waals surface area contributed by atoms with E-state index in [9.17, 15) is 19.2 Å². The second-order valence-corrected chi connectivity index (χ2v) is 10.7. The van der Waals surface area contributed by atoms with Crippen molar-refractivity contribution in [2.75, 3.05) is 6.54 Å². The van der Waals surface area contributed by atoms with Crippen LogP contribution in [0.3, 0.4) is 0 Å². The predicted octanol–water partition coefficient (Wildman–Crippen LogP) is 3.67. The lowest BCUT2D eigenvalue weighted by atomic mass is 9.76. The smallest absolute Gasteiger partial charge is 0.315 e. The lowest BCUT2D eigenvalue weighted by molar-refractivity contribution is -0.149. The maximum absolute atomic E-state index is 15.5. The fourth-order valence-electron chi connectivity index (χ4n) is 4.54. The molecular formula is C32H37F2N5O4. The third-order valence-electron chi connectivity index (χ3n) is 7.00. The van der Waals surface area contributed by atoms with Crippen molar-refractivity contribution in [1.82, 2.24) is 20.9 Å². The predicted molar refractivity (Wildman–Crippen MR) is 158 cm³/mol. The highest BCUT2D eigenvalue weighted by Crippen LogP contribution is 2.36. The number of alkyl halides is 2. The van der Waals surface area contributed by atoms with E-state index in [-0.39, 0.29) is 18.5 Å². The molecule has 0 aliphatic carbocycles. The Morgan fingerprint density at radius 1 is 0.860 bits per heavy atom. The van der Waals surface area contributed by atoms with Crippen molar-refractivity contribution >= 4 is 23.5 Å². The number of hydrogen-bond acceptors (Lipinski definition) is 6. The van der Waals surface area contributed by atoms with Gasteiger partial charge in [0.2, 0.25) is 11.7 Å². The molecule has 2 aromatic carbocycles. The zero-order valence-corrected chi connectivity index (χ0v) is 24.2. The summed E-state index contributed by atoms with van der Waals surface area (Å²) in [5, 5.41) is 7.53. The van der Waals surface area contributed by atoms with Gasteiger partial charge in [0.15, 0.2) is 5.78 Å². The third kappa shape index (κ3) is 9.50. The molecule has 0 spiro atoms. The molecule has 0 radical (unpaired) electrons. The van der Waals surface area contributed by atoms with Crippen LogP contribution in [0.2, 0.25) is 0 Å². The van der Waals surface area contributed by atoms with Crippen LogP contribution in [0, 0.1) is 5.92 Å².